The smallest absolute Gasteiger partial charge is 0.213 e. The lowest BCUT2D eigenvalue weighted by molar-refractivity contribution is 0.162. The summed E-state index contributed by atoms with van der Waals surface area (Å²) in [6, 6.07) is 11.0. The zero-order valence-corrected chi connectivity index (χ0v) is 11.2. The van der Waals surface area contributed by atoms with Gasteiger partial charge >= 0.3 is 0 Å². The van der Waals surface area contributed by atoms with Crippen molar-refractivity contribution in [1.29, 1.82) is 0 Å². The molecule has 0 amide bonds. The summed E-state index contributed by atoms with van der Waals surface area (Å²) in [5.74, 6) is 0.410. The molecule has 1 aromatic heterocycles. The maximum absolute atomic E-state index is 13.1. The molecule has 1 fully saturated rings. The molecule has 2 heterocycles. The van der Waals surface area contributed by atoms with E-state index in [0.29, 0.717) is 6.10 Å². The Hall–Kier alpha value is -1.94. The fraction of sp³-hybridized carbons (Fsp3) is 0.312. The monoisotopic (exact) mass is 272 g/mol. The molecule has 4 heteroatoms. The second-order valence-corrected chi connectivity index (χ2v) is 4.96. The lowest BCUT2D eigenvalue weighted by Gasteiger charge is -2.23. The third kappa shape index (κ3) is 3.14. The van der Waals surface area contributed by atoms with Crippen LogP contribution in [0, 0.1) is 5.95 Å². The molecule has 2 aromatic rings. The molecule has 0 bridgehead atoms. The normalized spacial score (nSPS) is 16.1. The number of ether oxygens (including phenoxy) is 1. The van der Waals surface area contributed by atoms with E-state index in [1.165, 1.54) is 12.3 Å². The van der Waals surface area contributed by atoms with E-state index in [4.69, 9.17) is 4.74 Å². The van der Waals surface area contributed by atoms with Gasteiger partial charge in [-0.1, -0.05) is 12.1 Å². The van der Waals surface area contributed by atoms with Crippen LogP contribution in [0.15, 0.2) is 42.6 Å². The molecule has 0 atom stereocenters. The third-order valence-electron chi connectivity index (χ3n) is 3.50. The topological polar surface area (TPSA) is 34.1 Å². The molecule has 0 spiro atoms. The number of hydrogen-bond donors (Lipinski definition) is 1. The van der Waals surface area contributed by atoms with Crippen molar-refractivity contribution in [3.63, 3.8) is 0 Å². The predicted molar refractivity (Wildman–Crippen MR) is 76.2 cm³/mol. The van der Waals surface area contributed by atoms with E-state index in [1.54, 1.807) is 6.07 Å². The summed E-state index contributed by atoms with van der Waals surface area (Å²) in [4.78, 5) is 3.56. The number of nitrogens with zero attached hydrogens (tertiary/aromatic N) is 1. The van der Waals surface area contributed by atoms with Crippen LogP contribution in [0.5, 0.6) is 5.75 Å². The average Bonchev–Trinajstić information content (AvgIpc) is 2.49. The second-order valence-electron chi connectivity index (χ2n) is 4.96. The van der Waals surface area contributed by atoms with Crippen molar-refractivity contribution in [2.75, 3.05) is 13.1 Å². The molecule has 1 aliphatic rings. The summed E-state index contributed by atoms with van der Waals surface area (Å²) >= 11 is 0. The largest absolute Gasteiger partial charge is 0.490 e. The molecule has 1 N–H and O–H groups in total. The maximum atomic E-state index is 13.1. The summed E-state index contributed by atoms with van der Waals surface area (Å²) in [5.41, 5.74) is 1.79. The van der Waals surface area contributed by atoms with Gasteiger partial charge < -0.3 is 10.1 Å². The lowest BCUT2D eigenvalue weighted by atomic mass is 10.1. The minimum absolute atomic E-state index is 0.292. The Labute approximate surface area is 117 Å². The van der Waals surface area contributed by atoms with Crippen LogP contribution >= 0.6 is 0 Å². The van der Waals surface area contributed by atoms with E-state index in [-0.39, 0.29) is 0 Å². The van der Waals surface area contributed by atoms with Gasteiger partial charge in [-0.2, -0.15) is 4.39 Å². The minimum atomic E-state index is -0.461. The SMILES string of the molecule is Fc1cc(-c2ccc(OC3CCNCC3)cc2)ccn1. The second kappa shape index (κ2) is 6.01. The first-order valence-electron chi connectivity index (χ1n) is 6.90. The van der Waals surface area contributed by atoms with Crippen LogP contribution in [0.4, 0.5) is 4.39 Å². The van der Waals surface area contributed by atoms with Gasteiger partial charge in [-0.05, 0) is 55.3 Å². The van der Waals surface area contributed by atoms with Crippen molar-refractivity contribution in [1.82, 2.24) is 10.3 Å². The quantitative estimate of drug-likeness (QED) is 0.872. The van der Waals surface area contributed by atoms with Crippen molar-refractivity contribution in [2.24, 2.45) is 0 Å². The zero-order chi connectivity index (χ0) is 13.8. The molecule has 0 unspecified atom stereocenters. The van der Waals surface area contributed by atoms with E-state index >= 15 is 0 Å². The number of pyridine rings is 1. The summed E-state index contributed by atoms with van der Waals surface area (Å²) < 4.78 is 19.0. The molecule has 0 radical (unpaired) electrons. The summed E-state index contributed by atoms with van der Waals surface area (Å²) in [6.45, 7) is 2.03. The van der Waals surface area contributed by atoms with Crippen molar-refractivity contribution < 1.29 is 9.13 Å². The van der Waals surface area contributed by atoms with E-state index < -0.39 is 5.95 Å². The molecule has 0 aliphatic carbocycles. The Balaban J connectivity index is 1.71. The summed E-state index contributed by atoms with van der Waals surface area (Å²) in [6.07, 6.45) is 3.85. The van der Waals surface area contributed by atoms with Gasteiger partial charge in [-0.3, -0.25) is 0 Å². The molecule has 3 rings (SSSR count). The molecular weight excluding hydrogens is 255 g/mol. The van der Waals surface area contributed by atoms with Gasteiger partial charge in [0.2, 0.25) is 5.95 Å². The molecular formula is C16H17FN2O. The molecule has 1 saturated heterocycles. The van der Waals surface area contributed by atoms with E-state index in [2.05, 4.69) is 10.3 Å². The lowest BCUT2D eigenvalue weighted by Crippen LogP contribution is -2.34. The van der Waals surface area contributed by atoms with Crippen molar-refractivity contribution in [3.05, 3.63) is 48.5 Å². The van der Waals surface area contributed by atoms with Crippen LogP contribution in [0.25, 0.3) is 11.1 Å². The number of rotatable bonds is 3. The Morgan fingerprint density at radius 3 is 2.50 bits per heavy atom. The fourth-order valence-electron chi connectivity index (χ4n) is 2.41. The van der Waals surface area contributed by atoms with Crippen LogP contribution in [0.1, 0.15) is 12.8 Å². The molecule has 1 aromatic carbocycles. The minimum Gasteiger partial charge on any atom is -0.490 e. The van der Waals surface area contributed by atoms with E-state index in [9.17, 15) is 4.39 Å². The number of nitrogens with one attached hydrogen (secondary N) is 1. The molecule has 3 nitrogen and oxygen atoms in total. The maximum Gasteiger partial charge on any atom is 0.213 e. The van der Waals surface area contributed by atoms with Gasteiger partial charge in [-0.25, -0.2) is 4.98 Å². The Morgan fingerprint density at radius 2 is 1.80 bits per heavy atom. The summed E-state index contributed by atoms with van der Waals surface area (Å²) in [7, 11) is 0. The van der Waals surface area contributed by atoms with Crippen LogP contribution in [-0.4, -0.2) is 24.2 Å². The third-order valence-corrected chi connectivity index (χ3v) is 3.50. The van der Waals surface area contributed by atoms with Crippen LogP contribution < -0.4 is 10.1 Å². The van der Waals surface area contributed by atoms with Gasteiger partial charge in [0.25, 0.3) is 0 Å². The van der Waals surface area contributed by atoms with E-state index in [0.717, 1.165) is 42.8 Å². The highest BCUT2D eigenvalue weighted by atomic mass is 19.1. The molecule has 0 saturated carbocycles. The number of piperidine rings is 1. The number of benzene rings is 1. The molecule has 104 valence electrons. The van der Waals surface area contributed by atoms with Crippen LogP contribution in [0.2, 0.25) is 0 Å². The average molecular weight is 272 g/mol. The predicted octanol–water partition coefficient (Wildman–Crippen LogP) is 3.02. The van der Waals surface area contributed by atoms with Crippen LogP contribution in [-0.2, 0) is 0 Å². The van der Waals surface area contributed by atoms with Gasteiger partial charge in [0.15, 0.2) is 0 Å². The highest BCUT2D eigenvalue weighted by Crippen LogP contribution is 2.23. The van der Waals surface area contributed by atoms with Gasteiger partial charge in [0.1, 0.15) is 11.9 Å². The first-order chi connectivity index (χ1) is 9.81. The first-order valence-corrected chi connectivity index (χ1v) is 6.90. The Bertz CT molecular complexity index is 565. The van der Waals surface area contributed by atoms with Gasteiger partial charge in [0, 0.05) is 12.3 Å². The molecule has 20 heavy (non-hydrogen) atoms. The van der Waals surface area contributed by atoms with Gasteiger partial charge in [0.05, 0.1) is 0 Å². The highest BCUT2D eigenvalue weighted by molar-refractivity contribution is 5.63. The highest BCUT2D eigenvalue weighted by Gasteiger charge is 2.14. The number of hydrogen-bond acceptors (Lipinski definition) is 3. The number of halogens is 1. The van der Waals surface area contributed by atoms with Gasteiger partial charge in [-0.15, -0.1) is 0 Å². The van der Waals surface area contributed by atoms with Crippen molar-refractivity contribution in [3.8, 4) is 16.9 Å². The van der Waals surface area contributed by atoms with Crippen molar-refractivity contribution >= 4 is 0 Å². The first kappa shape index (κ1) is 13.1. The number of aromatic nitrogens is 1. The van der Waals surface area contributed by atoms with Crippen LogP contribution in [0.3, 0.4) is 0 Å². The van der Waals surface area contributed by atoms with E-state index in [1.807, 2.05) is 24.3 Å². The Morgan fingerprint density at radius 1 is 1.05 bits per heavy atom. The fourth-order valence-corrected chi connectivity index (χ4v) is 2.41. The molecule has 1 aliphatic heterocycles. The Kier molecular flexibility index (Phi) is 3.92. The standard InChI is InChI=1S/C16H17FN2O/c17-16-11-13(5-10-19-16)12-1-3-14(4-2-12)20-15-6-8-18-9-7-15/h1-5,10-11,15,18H,6-9H2. The van der Waals surface area contributed by atoms with Crippen molar-refractivity contribution in [2.45, 2.75) is 18.9 Å². The summed E-state index contributed by atoms with van der Waals surface area (Å²) in [5, 5.41) is 3.31. The zero-order valence-electron chi connectivity index (χ0n) is 11.2.